The van der Waals surface area contributed by atoms with Crippen molar-refractivity contribution in [3.8, 4) is 21.3 Å². The standard InChI is InChI=1S/C12H7N5S2/c1-2-9(18-7-1)10-14-15-12-17(10)16-11(19-12)8-3-5-13-6-4-8/h1-7H. The first-order chi connectivity index (χ1) is 9.42. The van der Waals surface area contributed by atoms with Crippen LogP contribution < -0.4 is 0 Å². The van der Waals surface area contributed by atoms with Crippen LogP contribution in [0, 0.1) is 0 Å². The largest absolute Gasteiger partial charge is 0.265 e. The Labute approximate surface area is 116 Å². The van der Waals surface area contributed by atoms with Crippen LogP contribution in [0.25, 0.3) is 26.2 Å². The number of fused-ring (bicyclic) bond motifs is 1. The molecule has 0 unspecified atom stereocenters. The van der Waals surface area contributed by atoms with E-state index in [2.05, 4.69) is 20.3 Å². The van der Waals surface area contributed by atoms with Gasteiger partial charge in [0.25, 0.3) is 0 Å². The molecule has 0 atom stereocenters. The summed E-state index contributed by atoms with van der Waals surface area (Å²) in [7, 11) is 0. The van der Waals surface area contributed by atoms with Gasteiger partial charge in [0.15, 0.2) is 5.82 Å². The van der Waals surface area contributed by atoms with Crippen molar-refractivity contribution in [2.45, 2.75) is 0 Å². The van der Waals surface area contributed by atoms with Gasteiger partial charge in [-0.2, -0.15) is 9.61 Å². The van der Waals surface area contributed by atoms with Crippen molar-refractivity contribution in [2.75, 3.05) is 0 Å². The normalized spacial score (nSPS) is 11.2. The summed E-state index contributed by atoms with van der Waals surface area (Å²) in [4.78, 5) is 5.88. The lowest BCUT2D eigenvalue weighted by Crippen LogP contribution is -1.88. The highest BCUT2D eigenvalue weighted by Crippen LogP contribution is 2.29. The molecule has 4 heterocycles. The SMILES string of the molecule is c1csc(-c2nnc3sc(-c4ccncc4)nn23)c1. The quantitative estimate of drug-likeness (QED) is 0.568. The minimum absolute atomic E-state index is 0.793. The van der Waals surface area contributed by atoms with Crippen molar-refractivity contribution in [1.29, 1.82) is 0 Å². The summed E-state index contributed by atoms with van der Waals surface area (Å²) in [5.74, 6) is 0.793. The monoisotopic (exact) mass is 285 g/mol. The van der Waals surface area contributed by atoms with Crippen molar-refractivity contribution in [3.63, 3.8) is 0 Å². The van der Waals surface area contributed by atoms with E-state index in [-0.39, 0.29) is 0 Å². The van der Waals surface area contributed by atoms with Gasteiger partial charge in [-0.25, -0.2) is 0 Å². The van der Waals surface area contributed by atoms with E-state index in [9.17, 15) is 0 Å². The van der Waals surface area contributed by atoms with Gasteiger partial charge in [-0.3, -0.25) is 4.98 Å². The van der Waals surface area contributed by atoms with Crippen LogP contribution in [0.1, 0.15) is 0 Å². The van der Waals surface area contributed by atoms with E-state index in [1.54, 1.807) is 28.2 Å². The molecule has 5 nitrogen and oxygen atoms in total. The van der Waals surface area contributed by atoms with Crippen molar-refractivity contribution in [3.05, 3.63) is 42.0 Å². The van der Waals surface area contributed by atoms with Gasteiger partial charge in [-0.1, -0.05) is 17.4 Å². The Bertz CT molecular complexity index is 816. The van der Waals surface area contributed by atoms with Gasteiger partial charge in [0.1, 0.15) is 5.01 Å². The lowest BCUT2D eigenvalue weighted by Gasteiger charge is -1.93. The van der Waals surface area contributed by atoms with Crippen LogP contribution in [0.4, 0.5) is 0 Å². The van der Waals surface area contributed by atoms with Crippen molar-refractivity contribution in [2.24, 2.45) is 0 Å². The zero-order valence-electron chi connectivity index (χ0n) is 9.59. The number of hydrogen-bond acceptors (Lipinski definition) is 6. The fourth-order valence-corrected chi connectivity index (χ4v) is 3.33. The predicted octanol–water partition coefficient (Wildman–Crippen LogP) is 2.98. The fraction of sp³-hybridized carbons (Fsp3) is 0. The van der Waals surface area contributed by atoms with Crippen LogP contribution in [0.3, 0.4) is 0 Å². The molecule has 7 heteroatoms. The molecule has 0 fully saturated rings. The maximum atomic E-state index is 4.59. The van der Waals surface area contributed by atoms with E-state index in [0.717, 1.165) is 26.2 Å². The molecule has 0 spiro atoms. The van der Waals surface area contributed by atoms with Crippen LogP contribution in [0.15, 0.2) is 42.0 Å². The highest BCUT2D eigenvalue weighted by atomic mass is 32.1. The molecule has 0 radical (unpaired) electrons. The Hall–Kier alpha value is -2.12. The molecule has 4 rings (SSSR count). The molecule has 0 aromatic carbocycles. The fourth-order valence-electron chi connectivity index (χ4n) is 1.79. The van der Waals surface area contributed by atoms with Crippen molar-refractivity contribution in [1.82, 2.24) is 24.8 Å². The molecule has 0 bridgehead atoms. The number of nitrogens with zero attached hydrogens (tertiary/aromatic N) is 5. The molecule has 0 N–H and O–H groups in total. The molecule has 0 aliphatic rings. The maximum Gasteiger partial charge on any atom is 0.235 e. The number of rotatable bonds is 2. The zero-order valence-corrected chi connectivity index (χ0v) is 11.2. The smallest absolute Gasteiger partial charge is 0.235 e. The zero-order chi connectivity index (χ0) is 12.7. The van der Waals surface area contributed by atoms with Crippen LogP contribution >= 0.6 is 22.7 Å². The van der Waals surface area contributed by atoms with Gasteiger partial charge in [0, 0.05) is 18.0 Å². The molecular weight excluding hydrogens is 278 g/mol. The number of thiophene rings is 1. The summed E-state index contributed by atoms with van der Waals surface area (Å²) < 4.78 is 1.80. The molecule has 19 heavy (non-hydrogen) atoms. The minimum atomic E-state index is 0.793. The van der Waals surface area contributed by atoms with Gasteiger partial charge in [-0.05, 0) is 23.6 Å². The van der Waals surface area contributed by atoms with E-state index in [1.807, 2.05) is 29.6 Å². The topological polar surface area (TPSA) is 56.0 Å². The number of hydrogen-bond donors (Lipinski definition) is 0. The molecule has 0 saturated carbocycles. The highest BCUT2D eigenvalue weighted by Gasteiger charge is 2.14. The van der Waals surface area contributed by atoms with Crippen LogP contribution in [0.5, 0.6) is 0 Å². The molecular formula is C12H7N5S2. The van der Waals surface area contributed by atoms with E-state index >= 15 is 0 Å². The minimum Gasteiger partial charge on any atom is -0.265 e. The van der Waals surface area contributed by atoms with Gasteiger partial charge in [0.2, 0.25) is 4.96 Å². The summed E-state index contributed by atoms with van der Waals surface area (Å²) >= 11 is 3.16. The van der Waals surface area contributed by atoms with Crippen molar-refractivity contribution < 1.29 is 0 Å². The third-order valence-electron chi connectivity index (χ3n) is 2.66. The second-order valence-corrected chi connectivity index (χ2v) is 5.74. The summed E-state index contributed by atoms with van der Waals surface area (Å²) in [6.07, 6.45) is 3.52. The first-order valence-electron chi connectivity index (χ1n) is 5.58. The first kappa shape index (κ1) is 10.8. The average molecular weight is 285 g/mol. The van der Waals surface area contributed by atoms with Crippen molar-refractivity contribution >= 4 is 27.6 Å². The van der Waals surface area contributed by atoms with Crippen LogP contribution in [-0.2, 0) is 0 Å². The van der Waals surface area contributed by atoms with Gasteiger partial charge in [0.05, 0.1) is 4.88 Å². The Morgan fingerprint density at radius 2 is 1.95 bits per heavy atom. The highest BCUT2D eigenvalue weighted by molar-refractivity contribution is 7.19. The lowest BCUT2D eigenvalue weighted by molar-refractivity contribution is 0.974. The van der Waals surface area contributed by atoms with E-state index in [0.29, 0.717) is 0 Å². The number of pyridine rings is 1. The van der Waals surface area contributed by atoms with Crippen LogP contribution in [-0.4, -0.2) is 24.8 Å². The molecule has 0 aliphatic heterocycles. The molecule has 0 saturated heterocycles. The summed E-state index contributed by atoms with van der Waals surface area (Å²) in [5.41, 5.74) is 1.04. The summed E-state index contributed by atoms with van der Waals surface area (Å²) in [6, 6.07) is 7.90. The molecule has 4 aromatic heterocycles. The predicted molar refractivity (Wildman–Crippen MR) is 75.2 cm³/mol. The summed E-state index contributed by atoms with van der Waals surface area (Å²) in [5, 5.41) is 15.9. The molecule has 92 valence electrons. The molecule has 0 aliphatic carbocycles. The van der Waals surface area contributed by atoms with Gasteiger partial charge in [-0.15, -0.1) is 21.5 Å². The maximum absolute atomic E-state index is 4.59. The molecule has 4 aromatic rings. The van der Waals surface area contributed by atoms with E-state index in [1.165, 1.54) is 11.3 Å². The third kappa shape index (κ3) is 1.74. The van der Waals surface area contributed by atoms with Gasteiger partial charge >= 0.3 is 0 Å². The van der Waals surface area contributed by atoms with E-state index < -0.39 is 0 Å². The average Bonchev–Trinajstić information content (AvgIpc) is 3.15. The third-order valence-corrected chi connectivity index (χ3v) is 4.47. The Kier molecular flexibility index (Phi) is 2.39. The number of aromatic nitrogens is 5. The Balaban J connectivity index is 1.89. The molecule has 0 amide bonds. The van der Waals surface area contributed by atoms with E-state index in [4.69, 9.17) is 0 Å². The Morgan fingerprint density at radius 1 is 1.05 bits per heavy atom. The lowest BCUT2D eigenvalue weighted by atomic mass is 10.3. The first-order valence-corrected chi connectivity index (χ1v) is 7.28. The Morgan fingerprint density at radius 3 is 2.74 bits per heavy atom. The second kappa shape index (κ2) is 4.22. The summed E-state index contributed by atoms with van der Waals surface area (Å²) in [6.45, 7) is 0. The van der Waals surface area contributed by atoms with Crippen LogP contribution in [0.2, 0.25) is 0 Å². The second-order valence-electron chi connectivity index (χ2n) is 3.84. The van der Waals surface area contributed by atoms with Gasteiger partial charge < -0.3 is 0 Å².